The standard InChI is InChI=1S/C13H17N3O4S/c1-8-14-13-10(16(8)21(4,19)20)5-9(6-11(13)17)7-12(18)15(2)3/h5-6,17H,7H2,1-4H3. The van der Waals surface area contributed by atoms with Gasteiger partial charge in [-0.2, -0.15) is 0 Å². The summed E-state index contributed by atoms with van der Waals surface area (Å²) in [5.74, 6) is -0.0191. The fraction of sp³-hybridized carbons (Fsp3) is 0.385. The lowest BCUT2D eigenvalue weighted by molar-refractivity contribution is -0.127. The smallest absolute Gasteiger partial charge is 0.237 e. The van der Waals surface area contributed by atoms with Crippen molar-refractivity contribution in [3.8, 4) is 5.75 Å². The van der Waals surface area contributed by atoms with Crippen molar-refractivity contribution >= 4 is 27.0 Å². The van der Waals surface area contributed by atoms with Crippen LogP contribution in [0.5, 0.6) is 5.75 Å². The number of carbonyl (C=O) groups is 1. The Kier molecular flexibility index (Phi) is 3.66. The van der Waals surface area contributed by atoms with Crippen LogP contribution in [-0.2, 0) is 21.2 Å². The number of fused-ring (bicyclic) bond motifs is 1. The minimum Gasteiger partial charge on any atom is -0.506 e. The quantitative estimate of drug-likeness (QED) is 0.890. The number of rotatable bonds is 3. The van der Waals surface area contributed by atoms with Crippen LogP contribution in [0.4, 0.5) is 0 Å². The number of aryl methyl sites for hydroxylation is 1. The number of carbonyl (C=O) groups excluding carboxylic acids is 1. The van der Waals surface area contributed by atoms with Crippen molar-refractivity contribution in [2.45, 2.75) is 13.3 Å². The molecule has 0 fully saturated rings. The van der Waals surface area contributed by atoms with Gasteiger partial charge >= 0.3 is 0 Å². The SMILES string of the molecule is Cc1nc2c(O)cc(CC(=O)N(C)C)cc2n1S(C)(=O)=O. The average Bonchev–Trinajstić information content (AvgIpc) is 2.65. The second kappa shape index (κ2) is 5.03. The maximum absolute atomic E-state index is 11.8. The largest absolute Gasteiger partial charge is 0.506 e. The Balaban J connectivity index is 2.66. The van der Waals surface area contributed by atoms with E-state index in [1.807, 2.05) is 0 Å². The fourth-order valence-electron chi connectivity index (χ4n) is 2.17. The molecule has 1 aromatic carbocycles. The number of amides is 1. The minimum absolute atomic E-state index is 0.0739. The third kappa shape index (κ3) is 2.85. The summed E-state index contributed by atoms with van der Waals surface area (Å²) < 4.78 is 24.8. The van der Waals surface area contributed by atoms with Gasteiger partial charge in [-0.25, -0.2) is 17.4 Å². The van der Waals surface area contributed by atoms with Crippen LogP contribution in [0.1, 0.15) is 11.4 Å². The molecule has 0 atom stereocenters. The van der Waals surface area contributed by atoms with Crippen molar-refractivity contribution in [2.24, 2.45) is 0 Å². The Bertz CT molecular complexity index is 822. The molecule has 1 aromatic heterocycles. The molecule has 21 heavy (non-hydrogen) atoms. The number of likely N-dealkylation sites (N-methyl/N-ethyl adjacent to an activating group) is 1. The van der Waals surface area contributed by atoms with E-state index < -0.39 is 10.0 Å². The van der Waals surface area contributed by atoms with Crippen molar-refractivity contribution in [2.75, 3.05) is 20.4 Å². The van der Waals surface area contributed by atoms with E-state index in [1.165, 1.54) is 11.0 Å². The monoisotopic (exact) mass is 311 g/mol. The van der Waals surface area contributed by atoms with E-state index in [4.69, 9.17) is 0 Å². The van der Waals surface area contributed by atoms with Crippen LogP contribution >= 0.6 is 0 Å². The van der Waals surface area contributed by atoms with Crippen LogP contribution in [0.15, 0.2) is 12.1 Å². The Hall–Kier alpha value is -2.09. The number of phenols is 1. The topological polar surface area (TPSA) is 92.5 Å². The predicted molar refractivity (Wildman–Crippen MR) is 78.8 cm³/mol. The molecular formula is C13H17N3O4S. The Morgan fingerprint density at radius 1 is 1.38 bits per heavy atom. The van der Waals surface area contributed by atoms with Crippen LogP contribution in [0.25, 0.3) is 11.0 Å². The molecule has 0 bridgehead atoms. The molecule has 1 N–H and O–H groups in total. The van der Waals surface area contributed by atoms with E-state index in [0.29, 0.717) is 5.56 Å². The van der Waals surface area contributed by atoms with Gasteiger partial charge in [0.05, 0.1) is 18.2 Å². The number of nitrogens with zero attached hydrogens (tertiary/aromatic N) is 3. The number of phenolic OH excluding ortho intramolecular Hbond substituents is 1. The van der Waals surface area contributed by atoms with E-state index in [2.05, 4.69) is 4.98 Å². The van der Waals surface area contributed by atoms with E-state index in [9.17, 15) is 18.3 Å². The van der Waals surface area contributed by atoms with Crippen molar-refractivity contribution in [3.05, 3.63) is 23.5 Å². The summed E-state index contributed by atoms with van der Waals surface area (Å²) in [6.45, 7) is 1.55. The highest BCUT2D eigenvalue weighted by molar-refractivity contribution is 7.89. The summed E-state index contributed by atoms with van der Waals surface area (Å²) in [6, 6.07) is 3.00. The lowest BCUT2D eigenvalue weighted by Crippen LogP contribution is -2.23. The summed E-state index contributed by atoms with van der Waals surface area (Å²) in [4.78, 5) is 17.3. The van der Waals surface area contributed by atoms with Crippen molar-refractivity contribution in [3.63, 3.8) is 0 Å². The summed E-state index contributed by atoms with van der Waals surface area (Å²) in [5.41, 5.74) is 1.01. The number of benzene rings is 1. The first-order chi connectivity index (χ1) is 9.61. The molecule has 0 saturated carbocycles. The van der Waals surface area contributed by atoms with Gasteiger partial charge in [0, 0.05) is 14.1 Å². The Labute approximate surface area is 122 Å². The average molecular weight is 311 g/mol. The summed E-state index contributed by atoms with van der Waals surface area (Å²) in [5, 5.41) is 10.0. The molecule has 8 heteroatoms. The first-order valence-corrected chi connectivity index (χ1v) is 8.07. The number of imidazole rings is 1. The maximum atomic E-state index is 11.8. The summed E-state index contributed by atoms with van der Waals surface area (Å²) in [6.07, 6.45) is 1.14. The van der Waals surface area contributed by atoms with Crippen molar-refractivity contribution < 1.29 is 18.3 Å². The number of hydrogen-bond acceptors (Lipinski definition) is 5. The minimum atomic E-state index is -3.55. The van der Waals surface area contributed by atoms with Gasteiger partial charge in [0.2, 0.25) is 15.9 Å². The van der Waals surface area contributed by atoms with Gasteiger partial charge in [-0.05, 0) is 24.6 Å². The highest BCUT2D eigenvalue weighted by Gasteiger charge is 2.19. The molecule has 0 aliphatic heterocycles. The maximum Gasteiger partial charge on any atom is 0.237 e. The van der Waals surface area contributed by atoms with E-state index >= 15 is 0 Å². The molecule has 0 radical (unpaired) electrons. The van der Waals surface area contributed by atoms with E-state index in [0.717, 1.165) is 10.2 Å². The van der Waals surface area contributed by atoms with Gasteiger partial charge in [-0.15, -0.1) is 0 Å². The highest BCUT2D eigenvalue weighted by Crippen LogP contribution is 2.28. The lowest BCUT2D eigenvalue weighted by atomic mass is 10.1. The fourth-order valence-corrected chi connectivity index (χ4v) is 3.18. The molecule has 0 aliphatic carbocycles. The molecule has 1 amide bonds. The van der Waals surface area contributed by atoms with Crippen LogP contribution in [0, 0.1) is 6.92 Å². The molecule has 0 spiro atoms. The number of aromatic hydroxyl groups is 1. The summed E-state index contributed by atoms with van der Waals surface area (Å²) in [7, 11) is -0.286. The molecule has 7 nitrogen and oxygen atoms in total. The van der Waals surface area contributed by atoms with Crippen LogP contribution < -0.4 is 0 Å². The first-order valence-electron chi connectivity index (χ1n) is 6.23. The third-order valence-electron chi connectivity index (χ3n) is 3.10. The molecule has 2 aromatic rings. The zero-order valence-corrected chi connectivity index (χ0v) is 13.1. The van der Waals surface area contributed by atoms with E-state index in [-0.39, 0.29) is 34.9 Å². The van der Waals surface area contributed by atoms with Gasteiger partial charge in [-0.1, -0.05) is 0 Å². The second-order valence-corrected chi connectivity index (χ2v) is 6.97. The summed E-state index contributed by atoms with van der Waals surface area (Å²) >= 11 is 0. The van der Waals surface area contributed by atoms with Crippen molar-refractivity contribution in [1.82, 2.24) is 13.9 Å². The van der Waals surface area contributed by atoms with Crippen molar-refractivity contribution in [1.29, 1.82) is 0 Å². The van der Waals surface area contributed by atoms with Crippen LogP contribution in [0.2, 0.25) is 0 Å². The molecule has 1 heterocycles. The zero-order chi connectivity index (χ0) is 15.9. The number of hydrogen-bond donors (Lipinski definition) is 1. The first kappa shape index (κ1) is 15.3. The zero-order valence-electron chi connectivity index (χ0n) is 12.3. The van der Waals surface area contributed by atoms with E-state index in [1.54, 1.807) is 27.1 Å². The molecule has 0 aliphatic rings. The normalized spacial score (nSPS) is 11.8. The highest BCUT2D eigenvalue weighted by atomic mass is 32.2. The molecule has 0 unspecified atom stereocenters. The Morgan fingerprint density at radius 2 is 2.00 bits per heavy atom. The van der Waals surface area contributed by atoms with Crippen LogP contribution in [-0.4, -0.2) is 53.6 Å². The lowest BCUT2D eigenvalue weighted by Gasteiger charge is -2.11. The van der Waals surface area contributed by atoms with Gasteiger partial charge < -0.3 is 10.0 Å². The molecular weight excluding hydrogens is 294 g/mol. The van der Waals surface area contributed by atoms with Gasteiger partial charge in [0.1, 0.15) is 17.1 Å². The van der Waals surface area contributed by atoms with Gasteiger partial charge in [0.15, 0.2) is 0 Å². The third-order valence-corrected chi connectivity index (χ3v) is 4.23. The second-order valence-electron chi connectivity index (χ2n) is 5.13. The van der Waals surface area contributed by atoms with Gasteiger partial charge in [0.25, 0.3) is 0 Å². The molecule has 2 rings (SSSR count). The molecule has 114 valence electrons. The Morgan fingerprint density at radius 3 is 2.52 bits per heavy atom. The van der Waals surface area contributed by atoms with Gasteiger partial charge in [-0.3, -0.25) is 4.79 Å². The molecule has 0 saturated heterocycles. The number of aromatic nitrogens is 2. The predicted octanol–water partition coefficient (Wildman–Crippen LogP) is 0.489. The van der Waals surface area contributed by atoms with Crippen LogP contribution in [0.3, 0.4) is 0 Å².